The zero-order chi connectivity index (χ0) is 20.7. The first-order chi connectivity index (χ1) is 13.2. The molecule has 6 nitrogen and oxygen atoms in total. The predicted molar refractivity (Wildman–Crippen MR) is 113 cm³/mol. The molecule has 0 spiro atoms. The molecule has 0 bridgehead atoms. The number of anilines is 1. The van der Waals surface area contributed by atoms with Gasteiger partial charge in [-0.3, -0.25) is 9.10 Å². The maximum absolute atomic E-state index is 12.4. The molecule has 2 aromatic rings. The van der Waals surface area contributed by atoms with Crippen molar-refractivity contribution in [1.29, 1.82) is 0 Å². The first-order valence-electron chi connectivity index (χ1n) is 8.93. The van der Waals surface area contributed by atoms with Crippen LogP contribution < -0.4 is 14.4 Å². The summed E-state index contributed by atoms with van der Waals surface area (Å²) in [6.45, 7) is 2.37. The van der Waals surface area contributed by atoms with E-state index in [0.29, 0.717) is 35.8 Å². The van der Waals surface area contributed by atoms with Gasteiger partial charge in [0.05, 0.1) is 11.9 Å². The summed E-state index contributed by atoms with van der Waals surface area (Å²) in [5.74, 6) is 0.319. The molecule has 2 rings (SSSR count). The van der Waals surface area contributed by atoms with Crippen LogP contribution in [0.2, 0.25) is 5.02 Å². The monoisotopic (exact) mass is 424 g/mol. The summed E-state index contributed by atoms with van der Waals surface area (Å²) in [4.78, 5) is 12.4. The molecule has 0 aliphatic rings. The Hall–Kier alpha value is -2.25. The number of rotatable bonds is 9. The van der Waals surface area contributed by atoms with E-state index in [0.717, 1.165) is 11.8 Å². The van der Waals surface area contributed by atoms with Crippen molar-refractivity contribution in [2.24, 2.45) is 0 Å². The van der Waals surface area contributed by atoms with E-state index >= 15 is 0 Å². The lowest BCUT2D eigenvalue weighted by Crippen LogP contribution is -2.38. The van der Waals surface area contributed by atoms with Gasteiger partial charge in [-0.1, -0.05) is 30.7 Å². The third kappa shape index (κ3) is 6.42. The van der Waals surface area contributed by atoms with Crippen LogP contribution in [0.3, 0.4) is 0 Å². The van der Waals surface area contributed by atoms with Gasteiger partial charge in [0.25, 0.3) is 5.91 Å². The van der Waals surface area contributed by atoms with Crippen molar-refractivity contribution in [3.05, 3.63) is 59.1 Å². The molecule has 0 radical (unpaired) electrons. The topological polar surface area (TPSA) is 75.7 Å². The van der Waals surface area contributed by atoms with E-state index in [9.17, 15) is 13.2 Å². The van der Waals surface area contributed by atoms with Crippen molar-refractivity contribution in [2.75, 3.05) is 24.2 Å². The fraction of sp³-hybridized carbons (Fsp3) is 0.350. The van der Waals surface area contributed by atoms with Gasteiger partial charge in [-0.2, -0.15) is 0 Å². The zero-order valence-corrected chi connectivity index (χ0v) is 17.8. The standard InChI is InChI=1S/C20H25ClN2O4S/c1-4-19(20(24)22-14-13-15-5-7-16(21)8-6-15)27-18-11-9-17(10-12-18)23(2)28(3,25)26/h5-12,19H,4,13-14H2,1-3H3,(H,22,24)/t19-/m0/s1. The molecule has 152 valence electrons. The lowest BCUT2D eigenvalue weighted by Gasteiger charge is -2.19. The molecule has 0 aromatic heterocycles. The first kappa shape index (κ1) is 22.0. The second-order valence-electron chi connectivity index (χ2n) is 6.41. The lowest BCUT2D eigenvalue weighted by molar-refractivity contribution is -0.128. The maximum Gasteiger partial charge on any atom is 0.261 e. The van der Waals surface area contributed by atoms with Crippen LogP contribution in [0, 0.1) is 0 Å². The van der Waals surface area contributed by atoms with Crippen LogP contribution >= 0.6 is 11.6 Å². The van der Waals surface area contributed by atoms with E-state index in [-0.39, 0.29) is 5.91 Å². The molecule has 1 amide bonds. The molecule has 1 atom stereocenters. The Balaban J connectivity index is 1.90. The van der Waals surface area contributed by atoms with E-state index < -0.39 is 16.1 Å². The van der Waals surface area contributed by atoms with Crippen LogP contribution in [0.15, 0.2) is 48.5 Å². The molecule has 0 heterocycles. The number of nitrogens with zero attached hydrogens (tertiary/aromatic N) is 1. The van der Waals surface area contributed by atoms with Gasteiger partial charge in [-0.15, -0.1) is 0 Å². The number of sulfonamides is 1. The Kier molecular flexibility index (Phi) is 7.71. The molecular formula is C20H25ClN2O4S. The molecule has 0 unspecified atom stereocenters. The van der Waals surface area contributed by atoms with E-state index in [2.05, 4.69) is 5.32 Å². The smallest absolute Gasteiger partial charge is 0.261 e. The van der Waals surface area contributed by atoms with E-state index in [1.807, 2.05) is 31.2 Å². The molecular weight excluding hydrogens is 400 g/mol. The Morgan fingerprint density at radius 1 is 1.14 bits per heavy atom. The predicted octanol–water partition coefficient (Wildman–Crippen LogP) is 3.25. The molecule has 8 heteroatoms. The molecule has 0 saturated heterocycles. The van der Waals surface area contributed by atoms with Gasteiger partial charge in [-0.05, 0) is 54.8 Å². The summed E-state index contributed by atoms with van der Waals surface area (Å²) in [6.07, 6.45) is 1.73. The number of halogens is 1. The fourth-order valence-corrected chi connectivity index (χ4v) is 3.14. The minimum atomic E-state index is -3.32. The first-order valence-corrected chi connectivity index (χ1v) is 11.2. The molecule has 1 N–H and O–H groups in total. The normalized spacial score (nSPS) is 12.3. The minimum Gasteiger partial charge on any atom is -0.481 e. The summed E-state index contributed by atoms with van der Waals surface area (Å²) >= 11 is 5.86. The van der Waals surface area contributed by atoms with Gasteiger partial charge in [0.1, 0.15) is 5.75 Å². The molecule has 0 aliphatic carbocycles. The highest BCUT2D eigenvalue weighted by Crippen LogP contribution is 2.21. The van der Waals surface area contributed by atoms with Gasteiger partial charge in [0.15, 0.2) is 6.10 Å². The Morgan fingerprint density at radius 2 is 1.75 bits per heavy atom. The fourth-order valence-electron chi connectivity index (χ4n) is 2.51. The molecule has 0 fully saturated rings. The average molecular weight is 425 g/mol. The summed E-state index contributed by atoms with van der Waals surface area (Å²) in [5.41, 5.74) is 1.61. The van der Waals surface area contributed by atoms with Crippen LogP contribution in [-0.2, 0) is 21.2 Å². The van der Waals surface area contributed by atoms with Crippen LogP contribution in [0.1, 0.15) is 18.9 Å². The Bertz CT molecular complexity index is 883. The third-order valence-corrected chi connectivity index (χ3v) is 5.72. The minimum absolute atomic E-state index is 0.186. The largest absolute Gasteiger partial charge is 0.481 e. The number of hydrogen-bond donors (Lipinski definition) is 1. The van der Waals surface area contributed by atoms with E-state index in [1.54, 1.807) is 24.3 Å². The van der Waals surface area contributed by atoms with Gasteiger partial charge < -0.3 is 10.1 Å². The van der Waals surface area contributed by atoms with Crippen LogP contribution in [0.25, 0.3) is 0 Å². The summed E-state index contributed by atoms with van der Waals surface area (Å²) in [5, 5.41) is 3.56. The number of hydrogen-bond acceptors (Lipinski definition) is 4. The van der Waals surface area contributed by atoms with Crippen molar-refractivity contribution >= 4 is 33.2 Å². The van der Waals surface area contributed by atoms with Gasteiger partial charge in [-0.25, -0.2) is 8.42 Å². The van der Waals surface area contributed by atoms with Gasteiger partial charge in [0, 0.05) is 18.6 Å². The van der Waals surface area contributed by atoms with E-state index in [1.165, 1.54) is 11.4 Å². The summed E-state index contributed by atoms with van der Waals surface area (Å²) in [6, 6.07) is 14.1. The number of nitrogens with one attached hydrogen (secondary N) is 1. The number of carbonyl (C=O) groups excluding carboxylic acids is 1. The summed E-state index contributed by atoms with van der Waals surface area (Å²) < 4.78 is 30.1. The van der Waals surface area contributed by atoms with Crippen LogP contribution in [-0.4, -0.2) is 40.3 Å². The van der Waals surface area contributed by atoms with Crippen LogP contribution in [0.5, 0.6) is 5.75 Å². The number of amides is 1. The van der Waals surface area contributed by atoms with Crippen molar-refractivity contribution in [2.45, 2.75) is 25.9 Å². The SMILES string of the molecule is CC[C@H](Oc1ccc(N(C)S(C)(=O)=O)cc1)C(=O)NCCc1ccc(Cl)cc1. The number of ether oxygens (including phenoxy) is 1. The number of carbonyl (C=O) groups is 1. The summed E-state index contributed by atoms with van der Waals surface area (Å²) in [7, 11) is -1.84. The third-order valence-electron chi connectivity index (χ3n) is 4.27. The highest BCUT2D eigenvalue weighted by Gasteiger charge is 2.18. The molecule has 0 saturated carbocycles. The van der Waals surface area contributed by atoms with Gasteiger partial charge >= 0.3 is 0 Å². The number of benzene rings is 2. The Labute approximate surface area is 171 Å². The molecule has 0 aliphatic heterocycles. The van der Waals surface area contributed by atoms with Crippen molar-refractivity contribution in [1.82, 2.24) is 5.32 Å². The Morgan fingerprint density at radius 3 is 2.29 bits per heavy atom. The average Bonchev–Trinajstić information content (AvgIpc) is 2.66. The quantitative estimate of drug-likeness (QED) is 0.670. The second kappa shape index (κ2) is 9.80. The van der Waals surface area contributed by atoms with E-state index in [4.69, 9.17) is 16.3 Å². The maximum atomic E-state index is 12.4. The zero-order valence-electron chi connectivity index (χ0n) is 16.2. The second-order valence-corrected chi connectivity index (χ2v) is 8.86. The lowest BCUT2D eigenvalue weighted by atomic mass is 10.1. The van der Waals surface area contributed by atoms with Crippen LogP contribution in [0.4, 0.5) is 5.69 Å². The highest BCUT2D eigenvalue weighted by atomic mass is 35.5. The highest BCUT2D eigenvalue weighted by molar-refractivity contribution is 7.92. The van der Waals surface area contributed by atoms with Gasteiger partial charge in [0.2, 0.25) is 10.0 Å². The molecule has 2 aromatic carbocycles. The van der Waals surface area contributed by atoms with Crippen molar-refractivity contribution in [3.8, 4) is 5.75 Å². The van der Waals surface area contributed by atoms with Crippen molar-refractivity contribution < 1.29 is 17.9 Å². The van der Waals surface area contributed by atoms with Crippen molar-refractivity contribution in [3.63, 3.8) is 0 Å². The molecule has 28 heavy (non-hydrogen) atoms.